The zero-order valence-electron chi connectivity index (χ0n) is 21.2. The number of ether oxygens (including phenoxy) is 1. The van der Waals surface area contributed by atoms with Crippen LogP contribution in [0.15, 0.2) is 17.1 Å². The molecule has 0 aromatic carbocycles. The molecule has 1 amide bonds. The average Bonchev–Trinajstić information content (AvgIpc) is 3.34. The molecule has 10 heteroatoms. The molecule has 0 spiro atoms. The minimum atomic E-state index is -1.33. The maximum absolute atomic E-state index is 14.9. The molecule has 1 saturated carbocycles. The molecule has 2 fully saturated rings. The van der Waals surface area contributed by atoms with Gasteiger partial charge in [0, 0.05) is 24.2 Å². The molecular formula is C25H35FN6O3. The van der Waals surface area contributed by atoms with Gasteiger partial charge in [-0.2, -0.15) is 10.2 Å². The second kappa shape index (κ2) is 11.0. The van der Waals surface area contributed by atoms with Gasteiger partial charge in [0.2, 0.25) is 5.95 Å². The third-order valence-electron chi connectivity index (χ3n) is 6.09. The summed E-state index contributed by atoms with van der Waals surface area (Å²) in [4.78, 5) is 35.4. The van der Waals surface area contributed by atoms with E-state index in [2.05, 4.69) is 15.3 Å². The van der Waals surface area contributed by atoms with Crippen LogP contribution >= 0.6 is 0 Å². The van der Waals surface area contributed by atoms with E-state index in [0.29, 0.717) is 24.0 Å². The summed E-state index contributed by atoms with van der Waals surface area (Å²) in [7, 11) is 0. The Morgan fingerprint density at radius 2 is 1.94 bits per heavy atom. The smallest absolute Gasteiger partial charge is 0.410 e. The van der Waals surface area contributed by atoms with Crippen molar-refractivity contribution in [2.24, 2.45) is 0 Å². The number of anilines is 1. The number of alkyl halides is 1. The number of nitriles is 1. The van der Waals surface area contributed by atoms with E-state index >= 15 is 0 Å². The van der Waals surface area contributed by atoms with Crippen molar-refractivity contribution in [2.45, 2.75) is 90.6 Å². The lowest BCUT2D eigenvalue weighted by Gasteiger charge is -2.35. The van der Waals surface area contributed by atoms with Gasteiger partial charge in [0.25, 0.3) is 5.56 Å². The van der Waals surface area contributed by atoms with Gasteiger partial charge >= 0.3 is 6.09 Å². The van der Waals surface area contributed by atoms with Crippen LogP contribution in [0.2, 0.25) is 0 Å². The third kappa shape index (κ3) is 6.08. The Kier molecular flexibility index (Phi) is 8.30. The number of nitrogens with one attached hydrogen (secondary N) is 1. The number of rotatable bonds is 3. The van der Waals surface area contributed by atoms with Gasteiger partial charge in [0.1, 0.15) is 29.1 Å². The van der Waals surface area contributed by atoms with E-state index in [1.807, 2.05) is 19.9 Å². The fraction of sp³-hybridized carbons (Fsp3) is 0.640. The first kappa shape index (κ1) is 26.4. The molecule has 1 saturated heterocycles. The molecule has 2 aliphatic rings. The minimum Gasteiger partial charge on any atom is -0.444 e. The third-order valence-corrected chi connectivity index (χ3v) is 6.09. The van der Waals surface area contributed by atoms with Gasteiger partial charge in [0.05, 0.1) is 12.6 Å². The van der Waals surface area contributed by atoms with E-state index in [0.717, 1.165) is 25.7 Å². The molecule has 2 atom stereocenters. The highest BCUT2D eigenvalue weighted by Crippen LogP contribution is 2.31. The number of pyridine rings is 1. The van der Waals surface area contributed by atoms with Gasteiger partial charge in [-0.25, -0.2) is 14.2 Å². The number of amides is 1. The molecular weight excluding hydrogens is 451 g/mol. The highest BCUT2D eigenvalue weighted by molar-refractivity contribution is 5.77. The summed E-state index contributed by atoms with van der Waals surface area (Å²) >= 11 is 0. The molecule has 0 radical (unpaired) electrons. The van der Waals surface area contributed by atoms with Crippen LogP contribution in [-0.4, -0.2) is 56.4 Å². The van der Waals surface area contributed by atoms with E-state index in [1.165, 1.54) is 11.0 Å². The first-order chi connectivity index (χ1) is 16.7. The second-order valence-electron chi connectivity index (χ2n) is 9.74. The predicted molar refractivity (Wildman–Crippen MR) is 132 cm³/mol. The summed E-state index contributed by atoms with van der Waals surface area (Å²) in [5.74, 6) is 0.219. The summed E-state index contributed by atoms with van der Waals surface area (Å²) in [6, 6.07) is 2.88. The van der Waals surface area contributed by atoms with Crippen molar-refractivity contribution in [3.63, 3.8) is 0 Å². The Balaban J connectivity index is 0.00000167. The number of carbonyl (C=O) groups excluding carboxylic acids is 1. The van der Waals surface area contributed by atoms with Crippen molar-refractivity contribution < 1.29 is 13.9 Å². The Labute approximate surface area is 205 Å². The molecule has 190 valence electrons. The fourth-order valence-electron chi connectivity index (χ4n) is 4.50. The number of piperidine rings is 1. The van der Waals surface area contributed by atoms with Crippen molar-refractivity contribution >= 4 is 23.1 Å². The van der Waals surface area contributed by atoms with Gasteiger partial charge in [-0.15, -0.1) is 0 Å². The first-order valence-electron chi connectivity index (χ1n) is 12.4. The van der Waals surface area contributed by atoms with Crippen LogP contribution in [0.25, 0.3) is 11.0 Å². The molecule has 35 heavy (non-hydrogen) atoms. The molecule has 1 N–H and O–H groups in total. The van der Waals surface area contributed by atoms with Crippen molar-refractivity contribution in [3.05, 3.63) is 28.2 Å². The number of hydrogen-bond acceptors (Lipinski definition) is 7. The molecule has 1 aliphatic carbocycles. The largest absolute Gasteiger partial charge is 0.444 e. The van der Waals surface area contributed by atoms with E-state index in [-0.39, 0.29) is 29.7 Å². The van der Waals surface area contributed by atoms with Crippen LogP contribution in [0.1, 0.15) is 78.3 Å². The first-order valence-corrected chi connectivity index (χ1v) is 12.4. The number of carbonyl (C=O) groups is 1. The SMILES string of the molecule is CC.CC(C)(C)OC(=O)N1CCC(Nc2ncc3cc(C#N)c(=O)n(C4CCCC4)c3n2)C(F)C1. The lowest BCUT2D eigenvalue weighted by molar-refractivity contribution is 0.0125. The van der Waals surface area contributed by atoms with Gasteiger partial charge < -0.3 is 15.0 Å². The van der Waals surface area contributed by atoms with Crippen molar-refractivity contribution in [2.75, 3.05) is 18.4 Å². The summed E-state index contributed by atoms with van der Waals surface area (Å²) < 4.78 is 21.9. The van der Waals surface area contributed by atoms with Crippen LogP contribution < -0.4 is 10.9 Å². The minimum absolute atomic E-state index is 0.0120. The number of aromatic nitrogens is 3. The molecule has 4 rings (SSSR count). The van der Waals surface area contributed by atoms with E-state index in [1.54, 1.807) is 31.5 Å². The van der Waals surface area contributed by atoms with E-state index in [4.69, 9.17) is 4.74 Å². The van der Waals surface area contributed by atoms with Crippen molar-refractivity contribution in [1.82, 2.24) is 19.4 Å². The van der Waals surface area contributed by atoms with Crippen LogP contribution in [0.3, 0.4) is 0 Å². The second-order valence-corrected chi connectivity index (χ2v) is 9.74. The fourth-order valence-corrected chi connectivity index (χ4v) is 4.50. The average molecular weight is 487 g/mol. The summed E-state index contributed by atoms with van der Waals surface area (Å²) in [6.07, 6.45) is 3.81. The van der Waals surface area contributed by atoms with E-state index in [9.17, 15) is 19.2 Å². The maximum Gasteiger partial charge on any atom is 0.410 e. The molecule has 3 heterocycles. The Hall–Kier alpha value is -3.22. The number of nitrogens with zero attached hydrogens (tertiary/aromatic N) is 5. The Morgan fingerprint density at radius 1 is 1.26 bits per heavy atom. The number of fused-ring (bicyclic) bond motifs is 1. The van der Waals surface area contributed by atoms with Gasteiger partial charge in [-0.05, 0) is 46.1 Å². The number of hydrogen-bond donors (Lipinski definition) is 1. The molecule has 0 bridgehead atoms. The molecule has 2 unspecified atom stereocenters. The van der Waals surface area contributed by atoms with Gasteiger partial charge in [0.15, 0.2) is 0 Å². The summed E-state index contributed by atoms with van der Waals surface area (Å²) in [5.41, 5.74) is -0.477. The lowest BCUT2D eigenvalue weighted by atomic mass is 10.0. The Morgan fingerprint density at radius 3 is 2.54 bits per heavy atom. The van der Waals surface area contributed by atoms with Gasteiger partial charge in [-0.1, -0.05) is 26.7 Å². The number of halogens is 1. The highest BCUT2D eigenvalue weighted by Gasteiger charge is 2.34. The molecule has 2 aromatic rings. The van der Waals surface area contributed by atoms with E-state index < -0.39 is 23.9 Å². The lowest BCUT2D eigenvalue weighted by Crippen LogP contribution is -2.51. The predicted octanol–water partition coefficient (Wildman–Crippen LogP) is 4.56. The topological polar surface area (TPSA) is 113 Å². The zero-order valence-corrected chi connectivity index (χ0v) is 21.2. The van der Waals surface area contributed by atoms with Gasteiger partial charge in [-0.3, -0.25) is 9.36 Å². The zero-order chi connectivity index (χ0) is 25.8. The monoisotopic (exact) mass is 486 g/mol. The summed E-state index contributed by atoms with van der Waals surface area (Å²) in [5, 5.41) is 13.0. The molecule has 9 nitrogen and oxygen atoms in total. The summed E-state index contributed by atoms with van der Waals surface area (Å²) in [6.45, 7) is 9.58. The van der Waals surface area contributed by atoms with Crippen molar-refractivity contribution in [3.8, 4) is 6.07 Å². The quantitative estimate of drug-likeness (QED) is 0.676. The van der Waals surface area contributed by atoms with Crippen LogP contribution in [-0.2, 0) is 4.74 Å². The molecule has 2 aromatic heterocycles. The van der Waals surface area contributed by atoms with Crippen LogP contribution in [0.5, 0.6) is 0 Å². The van der Waals surface area contributed by atoms with Crippen LogP contribution in [0.4, 0.5) is 15.1 Å². The highest BCUT2D eigenvalue weighted by atomic mass is 19.1. The molecule has 1 aliphatic heterocycles. The standard InChI is InChI=1S/C23H29FN6O3.C2H6/c1-23(2,3)33-22(32)29-9-8-18(17(24)13-29)27-21-26-12-15-10-14(11-25)20(31)30(19(15)28-21)16-6-4-5-7-16;1-2/h10,12,16-18H,4-9,13H2,1-3H3,(H,26,27,28);1-2H3. The Bertz CT molecular complexity index is 1150. The van der Waals surface area contributed by atoms with Crippen LogP contribution in [0, 0.1) is 11.3 Å². The number of likely N-dealkylation sites (tertiary alicyclic amines) is 1. The normalized spacial score (nSPS) is 20.7. The maximum atomic E-state index is 14.9. The van der Waals surface area contributed by atoms with Crippen molar-refractivity contribution in [1.29, 1.82) is 5.26 Å².